The summed E-state index contributed by atoms with van der Waals surface area (Å²) < 4.78 is 10.7. The van der Waals surface area contributed by atoms with Crippen molar-refractivity contribution in [3.05, 3.63) is 29.8 Å². The fourth-order valence-electron chi connectivity index (χ4n) is 1.99. The molecule has 0 radical (unpaired) electrons. The molecule has 4 heteroatoms. The molecule has 0 N–H and O–H groups in total. The van der Waals surface area contributed by atoms with Gasteiger partial charge < -0.3 is 9.47 Å². The van der Waals surface area contributed by atoms with Gasteiger partial charge in [-0.3, -0.25) is 0 Å². The van der Waals surface area contributed by atoms with Gasteiger partial charge in [-0.25, -0.2) is 4.79 Å². The topological polar surface area (TPSA) is 47.9 Å². The van der Waals surface area contributed by atoms with Crippen molar-refractivity contribution in [3.63, 3.8) is 0 Å². The van der Waals surface area contributed by atoms with Crippen LogP contribution in [-0.4, -0.2) is 25.4 Å². The molecule has 1 aliphatic carbocycles. The summed E-state index contributed by atoms with van der Waals surface area (Å²) in [6.45, 7) is 1.34. The van der Waals surface area contributed by atoms with Gasteiger partial charge in [-0.1, -0.05) is 12.1 Å². The average Bonchev–Trinajstić information content (AvgIpc) is 3.06. The van der Waals surface area contributed by atoms with Crippen molar-refractivity contribution in [3.8, 4) is 5.75 Å². The number of hydrogen-bond donors (Lipinski definition) is 0. The number of nitrogens with zero attached hydrogens (tertiary/aromatic N) is 1. The summed E-state index contributed by atoms with van der Waals surface area (Å²) >= 11 is 0. The Labute approximate surface area is 99.3 Å². The molecule has 1 aromatic rings. The molecule has 0 spiro atoms. The van der Waals surface area contributed by atoms with Crippen LogP contribution in [-0.2, 0) is 15.1 Å². The average molecular weight is 231 g/mol. The molecule has 17 heavy (non-hydrogen) atoms. The van der Waals surface area contributed by atoms with Gasteiger partial charge in [-0.05, 0) is 30.5 Å². The maximum atomic E-state index is 10.4. The van der Waals surface area contributed by atoms with Crippen molar-refractivity contribution < 1.29 is 14.3 Å². The first-order valence-corrected chi connectivity index (χ1v) is 5.76. The molecule has 1 saturated heterocycles. The third-order valence-corrected chi connectivity index (χ3v) is 3.29. The van der Waals surface area contributed by atoms with Gasteiger partial charge in [0, 0.05) is 0 Å². The molecule has 4 nitrogen and oxygen atoms in total. The smallest absolute Gasteiger partial charge is 0.235 e. The third kappa shape index (κ3) is 1.97. The van der Waals surface area contributed by atoms with Crippen molar-refractivity contribution in [2.24, 2.45) is 4.99 Å². The van der Waals surface area contributed by atoms with Crippen LogP contribution >= 0.6 is 0 Å². The lowest BCUT2D eigenvalue weighted by Gasteiger charge is -2.26. The Bertz CT molecular complexity index is 454. The second-order valence-electron chi connectivity index (χ2n) is 4.54. The Hall–Kier alpha value is -1.64. The zero-order chi connectivity index (χ0) is 11.7. The second kappa shape index (κ2) is 3.99. The molecule has 3 rings (SSSR count). The normalized spacial score (nSPS) is 21.2. The molecule has 1 aromatic carbocycles. The molecule has 88 valence electrons. The highest BCUT2D eigenvalue weighted by Crippen LogP contribution is 2.49. The van der Waals surface area contributed by atoms with Crippen LogP contribution in [0.25, 0.3) is 0 Å². The van der Waals surface area contributed by atoms with Crippen LogP contribution in [0.1, 0.15) is 18.4 Å². The molecule has 1 aliphatic heterocycles. The lowest BCUT2D eigenvalue weighted by molar-refractivity contribution is -0.0796. The number of hydrogen-bond acceptors (Lipinski definition) is 4. The summed E-state index contributed by atoms with van der Waals surface area (Å²) in [7, 11) is 0. The minimum Gasteiger partial charge on any atom is -0.486 e. The standard InChI is InChI=1S/C13H13NO3/c15-9-14-13(5-6-13)10-1-3-11(4-2-10)17-12-7-16-8-12/h1-4,12H,5-8H2. The predicted molar refractivity (Wildman–Crippen MR) is 60.7 cm³/mol. The Balaban J connectivity index is 1.73. The maximum Gasteiger partial charge on any atom is 0.235 e. The lowest BCUT2D eigenvalue weighted by atomic mass is 10.1. The van der Waals surface area contributed by atoms with Gasteiger partial charge in [0.1, 0.15) is 11.9 Å². The van der Waals surface area contributed by atoms with E-state index in [9.17, 15) is 4.79 Å². The quantitative estimate of drug-likeness (QED) is 0.586. The molecule has 1 saturated carbocycles. The number of carbonyl (C=O) groups excluding carboxylic acids is 1. The van der Waals surface area contributed by atoms with Crippen molar-refractivity contribution in [2.45, 2.75) is 24.5 Å². The van der Waals surface area contributed by atoms with Crippen LogP contribution in [0.3, 0.4) is 0 Å². The van der Waals surface area contributed by atoms with Crippen LogP contribution in [0, 0.1) is 0 Å². The zero-order valence-corrected chi connectivity index (χ0v) is 9.39. The van der Waals surface area contributed by atoms with Crippen LogP contribution in [0.2, 0.25) is 0 Å². The summed E-state index contributed by atoms with van der Waals surface area (Å²) in [4.78, 5) is 14.3. The van der Waals surface area contributed by atoms with E-state index in [-0.39, 0.29) is 11.6 Å². The highest BCUT2D eigenvalue weighted by molar-refractivity contribution is 5.42. The van der Waals surface area contributed by atoms with Gasteiger partial charge in [0.25, 0.3) is 0 Å². The van der Waals surface area contributed by atoms with Gasteiger partial charge >= 0.3 is 0 Å². The van der Waals surface area contributed by atoms with Gasteiger partial charge in [0.2, 0.25) is 6.08 Å². The van der Waals surface area contributed by atoms with Crippen LogP contribution in [0.5, 0.6) is 5.75 Å². The van der Waals surface area contributed by atoms with E-state index < -0.39 is 0 Å². The SMILES string of the molecule is O=C=NC1(c2ccc(OC3COC3)cc2)CC1. The first kappa shape index (κ1) is 10.5. The van der Waals surface area contributed by atoms with Gasteiger partial charge in [0.05, 0.1) is 18.8 Å². The largest absolute Gasteiger partial charge is 0.486 e. The van der Waals surface area contributed by atoms with E-state index in [0.29, 0.717) is 13.2 Å². The monoisotopic (exact) mass is 231 g/mol. The first-order valence-electron chi connectivity index (χ1n) is 5.76. The van der Waals surface area contributed by atoms with Gasteiger partial charge in [-0.2, -0.15) is 4.99 Å². The summed E-state index contributed by atoms with van der Waals surface area (Å²) in [5.74, 6) is 0.841. The van der Waals surface area contributed by atoms with E-state index in [1.54, 1.807) is 6.08 Å². The van der Waals surface area contributed by atoms with Gasteiger partial charge in [-0.15, -0.1) is 0 Å². The van der Waals surface area contributed by atoms with Gasteiger partial charge in [0.15, 0.2) is 0 Å². The second-order valence-corrected chi connectivity index (χ2v) is 4.54. The molecular weight excluding hydrogens is 218 g/mol. The lowest BCUT2D eigenvalue weighted by Crippen LogP contribution is -2.38. The van der Waals surface area contributed by atoms with Crippen LogP contribution in [0.15, 0.2) is 29.3 Å². The van der Waals surface area contributed by atoms with Crippen LogP contribution < -0.4 is 4.74 Å². The first-order chi connectivity index (χ1) is 8.32. The van der Waals surface area contributed by atoms with E-state index in [0.717, 1.165) is 24.2 Å². The van der Waals surface area contributed by atoms with Crippen molar-refractivity contribution in [2.75, 3.05) is 13.2 Å². The number of benzene rings is 1. The van der Waals surface area contributed by atoms with E-state index in [4.69, 9.17) is 9.47 Å². The molecule has 0 atom stereocenters. The highest BCUT2D eigenvalue weighted by Gasteiger charge is 2.44. The van der Waals surface area contributed by atoms with E-state index in [2.05, 4.69) is 4.99 Å². The maximum absolute atomic E-state index is 10.4. The van der Waals surface area contributed by atoms with E-state index in [1.807, 2.05) is 24.3 Å². The molecule has 1 heterocycles. The van der Waals surface area contributed by atoms with Crippen molar-refractivity contribution in [1.82, 2.24) is 0 Å². The highest BCUT2D eigenvalue weighted by atomic mass is 16.6. The van der Waals surface area contributed by atoms with E-state index in [1.165, 1.54) is 0 Å². The van der Waals surface area contributed by atoms with Crippen molar-refractivity contribution >= 4 is 6.08 Å². The molecule has 2 fully saturated rings. The van der Waals surface area contributed by atoms with Crippen molar-refractivity contribution in [1.29, 1.82) is 0 Å². The Morgan fingerprint density at radius 3 is 2.47 bits per heavy atom. The number of rotatable bonds is 4. The number of isocyanates is 1. The Morgan fingerprint density at radius 2 is 2.00 bits per heavy atom. The molecule has 2 aliphatic rings. The molecule has 0 aromatic heterocycles. The third-order valence-electron chi connectivity index (χ3n) is 3.29. The summed E-state index contributed by atoms with van der Waals surface area (Å²) in [6, 6.07) is 7.80. The zero-order valence-electron chi connectivity index (χ0n) is 9.39. The molecule has 0 bridgehead atoms. The molecular formula is C13H13NO3. The summed E-state index contributed by atoms with van der Waals surface area (Å²) in [5.41, 5.74) is 0.776. The minimum absolute atomic E-state index is 0.184. The minimum atomic E-state index is -0.292. The molecule has 0 amide bonds. The summed E-state index contributed by atoms with van der Waals surface area (Å²) in [5, 5.41) is 0. The number of ether oxygens (including phenoxy) is 2. The fraction of sp³-hybridized carbons (Fsp3) is 0.462. The Kier molecular flexibility index (Phi) is 2.46. The summed E-state index contributed by atoms with van der Waals surface area (Å²) in [6.07, 6.45) is 3.70. The predicted octanol–water partition coefficient (Wildman–Crippen LogP) is 1.79. The fourth-order valence-corrected chi connectivity index (χ4v) is 1.99. The Morgan fingerprint density at radius 1 is 1.29 bits per heavy atom. The van der Waals surface area contributed by atoms with E-state index >= 15 is 0 Å². The molecule has 0 unspecified atom stereocenters. The van der Waals surface area contributed by atoms with Crippen LogP contribution in [0.4, 0.5) is 0 Å². The number of aliphatic imine (C=N–C) groups is 1.